The maximum atomic E-state index is 10.7. The molecule has 0 bridgehead atoms. The highest BCUT2D eigenvalue weighted by molar-refractivity contribution is 7.93. The van der Waals surface area contributed by atoms with Gasteiger partial charge >= 0.3 is 0 Å². The molecule has 0 radical (unpaired) electrons. The van der Waals surface area contributed by atoms with E-state index < -0.39 is 15.2 Å². The second-order valence-electron chi connectivity index (χ2n) is 2.42. The second-order valence-corrected chi connectivity index (χ2v) is 4.56. The molecule has 0 N–H and O–H groups in total. The normalized spacial score (nSPS) is 44.0. The zero-order chi connectivity index (χ0) is 6.48. The van der Waals surface area contributed by atoms with Crippen molar-refractivity contribution >= 4 is 9.84 Å². The Morgan fingerprint density at radius 3 is 2.67 bits per heavy atom. The molecule has 4 nitrogen and oxygen atoms in total. The van der Waals surface area contributed by atoms with E-state index in [1.807, 2.05) is 0 Å². The van der Waals surface area contributed by atoms with Crippen LogP contribution < -0.4 is 0 Å². The van der Waals surface area contributed by atoms with E-state index in [1.54, 1.807) is 0 Å². The molecule has 5 heteroatoms. The van der Waals surface area contributed by atoms with Crippen LogP contribution in [0.3, 0.4) is 0 Å². The predicted octanol–water partition coefficient (Wildman–Crippen LogP) is -0.177. The summed E-state index contributed by atoms with van der Waals surface area (Å²) < 4.78 is 21.5. The van der Waals surface area contributed by atoms with Crippen molar-refractivity contribution in [3.05, 3.63) is 0 Å². The fraction of sp³-hybridized carbons (Fsp3) is 1.00. The van der Waals surface area contributed by atoms with Crippen LogP contribution in [0.2, 0.25) is 0 Å². The molecule has 0 amide bonds. The molecule has 0 aromatic carbocycles. The van der Waals surface area contributed by atoms with Gasteiger partial charge in [0.1, 0.15) is 0 Å². The van der Waals surface area contributed by atoms with Gasteiger partial charge in [-0.25, -0.2) is 8.42 Å². The van der Waals surface area contributed by atoms with Crippen molar-refractivity contribution in [2.45, 2.75) is 5.37 Å². The largest absolute Gasteiger partial charge is 0.227 e. The Morgan fingerprint density at radius 2 is 2.22 bits per heavy atom. The third kappa shape index (κ3) is 0.551. The number of sulfone groups is 1. The van der Waals surface area contributed by atoms with Crippen molar-refractivity contribution in [2.24, 2.45) is 16.1 Å². The van der Waals surface area contributed by atoms with Crippen LogP contribution >= 0.6 is 0 Å². The minimum Gasteiger partial charge on any atom is -0.227 e. The van der Waals surface area contributed by atoms with Gasteiger partial charge in [0.05, 0.1) is 12.3 Å². The number of hydrogen-bond acceptors (Lipinski definition) is 4. The van der Waals surface area contributed by atoms with Gasteiger partial charge in [-0.15, -0.1) is 0 Å². The molecular formula is C4H6N2O2S. The van der Waals surface area contributed by atoms with Gasteiger partial charge in [0.25, 0.3) is 0 Å². The zero-order valence-electron chi connectivity index (χ0n) is 4.69. The lowest BCUT2D eigenvalue weighted by atomic mass is 10.2. The van der Waals surface area contributed by atoms with E-state index in [0.717, 1.165) is 0 Å². The van der Waals surface area contributed by atoms with Gasteiger partial charge in [0.2, 0.25) is 0 Å². The summed E-state index contributed by atoms with van der Waals surface area (Å²) in [7, 11) is -2.82. The topological polar surface area (TPSA) is 58.9 Å². The molecule has 1 fully saturated rings. The quantitative estimate of drug-likeness (QED) is 0.476. The Kier molecular flexibility index (Phi) is 0.795. The number of rotatable bonds is 0. The molecule has 2 atom stereocenters. The lowest BCUT2D eigenvalue weighted by molar-refractivity contribution is 0.496. The minimum absolute atomic E-state index is 0.218. The van der Waals surface area contributed by atoms with E-state index in [4.69, 9.17) is 0 Å². The highest BCUT2D eigenvalue weighted by Gasteiger charge is 2.48. The van der Waals surface area contributed by atoms with Crippen LogP contribution in [-0.2, 0) is 9.84 Å². The molecule has 0 aliphatic carbocycles. The van der Waals surface area contributed by atoms with Crippen LogP contribution in [0.4, 0.5) is 0 Å². The summed E-state index contributed by atoms with van der Waals surface area (Å²) in [6.07, 6.45) is 0. The van der Waals surface area contributed by atoms with Crippen molar-refractivity contribution in [1.82, 2.24) is 0 Å². The smallest absolute Gasteiger partial charge is 0.177 e. The summed E-state index contributed by atoms with van der Waals surface area (Å²) in [5.41, 5.74) is 0. The summed E-state index contributed by atoms with van der Waals surface area (Å²) in [4.78, 5) is 0. The average molecular weight is 146 g/mol. The summed E-state index contributed by atoms with van der Waals surface area (Å²) in [5.74, 6) is 0.514. The fourth-order valence-electron chi connectivity index (χ4n) is 1.19. The summed E-state index contributed by atoms with van der Waals surface area (Å²) in [6.45, 7) is 0.615. The van der Waals surface area contributed by atoms with Crippen LogP contribution in [-0.4, -0.2) is 26.1 Å². The molecule has 0 saturated carbocycles. The van der Waals surface area contributed by atoms with E-state index in [9.17, 15) is 8.42 Å². The summed E-state index contributed by atoms with van der Waals surface area (Å²) in [5, 5.41) is 6.78. The van der Waals surface area contributed by atoms with Crippen LogP contribution in [0.1, 0.15) is 0 Å². The van der Waals surface area contributed by atoms with E-state index in [-0.39, 0.29) is 5.92 Å². The SMILES string of the molecule is O=S1(=O)C[C@H]2CN=N[C@H]21. The van der Waals surface area contributed by atoms with E-state index in [2.05, 4.69) is 10.2 Å². The Labute approximate surface area is 52.9 Å². The molecule has 0 aromatic heterocycles. The zero-order valence-corrected chi connectivity index (χ0v) is 5.50. The molecule has 0 spiro atoms. The van der Waals surface area contributed by atoms with E-state index >= 15 is 0 Å². The van der Waals surface area contributed by atoms with Gasteiger partial charge in [0, 0.05) is 5.92 Å². The Bertz CT molecular complexity index is 256. The van der Waals surface area contributed by atoms with Crippen molar-refractivity contribution < 1.29 is 8.42 Å². The monoisotopic (exact) mass is 146 g/mol. The Hall–Kier alpha value is -0.450. The molecule has 0 unspecified atom stereocenters. The molecule has 2 rings (SSSR count). The third-order valence-electron chi connectivity index (χ3n) is 1.73. The summed E-state index contributed by atoms with van der Waals surface area (Å²) >= 11 is 0. The number of nitrogens with zero attached hydrogens (tertiary/aromatic N) is 2. The van der Waals surface area contributed by atoms with Gasteiger partial charge in [-0.05, 0) is 0 Å². The molecule has 1 saturated heterocycles. The Balaban J connectivity index is 2.36. The fourth-order valence-corrected chi connectivity index (χ4v) is 2.89. The van der Waals surface area contributed by atoms with Crippen LogP contribution in [0, 0.1) is 5.92 Å². The average Bonchev–Trinajstić information content (AvgIpc) is 2.10. The maximum Gasteiger partial charge on any atom is 0.177 e. The first-order chi connectivity index (χ1) is 4.20. The minimum atomic E-state index is -2.82. The van der Waals surface area contributed by atoms with Crippen LogP contribution in [0.15, 0.2) is 10.2 Å². The van der Waals surface area contributed by atoms with Gasteiger partial charge in [-0.3, -0.25) is 0 Å². The van der Waals surface area contributed by atoms with Crippen molar-refractivity contribution in [3.63, 3.8) is 0 Å². The van der Waals surface area contributed by atoms with Gasteiger partial charge < -0.3 is 0 Å². The molecule has 2 aliphatic heterocycles. The van der Waals surface area contributed by atoms with Gasteiger partial charge in [-0.1, -0.05) is 0 Å². The van der Waals surface area contributed by atoms with Crippen molar-refractivity contribution in [3.8, 4) is 0 Å². The highest BCUT2D eigenvalue weighted by Crippen LogP contribution is 2.33. The number of hydrogen-bond donors (Lipinski definition) is 0. The summed E-state index contributed by atoms with van der Waals surface area (Å²) in [6, 6.07) is 0. The molecule has 2 aliphatic rings. The lowest BCUT2D eigenvalue weighted by Gasteiger charge is -2.25. The first-order valence-corrected chi connectivity index (χ1v) is 4.50. The maximum absolute atomic E-state index is 10.7. The van der Waals surface area contributed by atoms with Crippen LogP contribution in [0.5, 0.6) is 0 Å². The first kappa shape index (κ1) is 5.34. The van der Waals surface area contributed by atoms with Crippen molar-refractivity contribution in [2.75, 3.05) is 12.3 Å². The molecule has 0 aromatic rings. The first-order valence-electron chi connectivity index (χ1n) is 2.78. The highest BCUT2D eigenvalue weighted by atomic mass is 32.2. The Morgan fingerprint density at radius 1 is 1.44 bits per heavy atom. The molecule has 2 heterocycles. The molecule has 50 valence electrons. The predicted molar refractivity (Wildman–Crippen MR) is 30.8 cm³/mol. The second kappa shape index (κ2) is 1.34. The van der Waals surface area contributed by atoms with E-state index in [1.165, 1.54) is 0 Å². The third-order valence-corrected chi connectivity index (χ3v) is 3.84. The number of azo groups is 1. The van der Waals surface area contributed by atoms with E-state index in [0.29, 0.717) is 12.3 Å². The van der Waals surface area contributed by atoms with Gasteiger partial charge in [0.15, 0.2) is 15.2 Å². The van der Waals surface area contributed by atoms with Crippen molar-refractivity contribution in [1.29, 1.82) is 0 Å². The van der Waals surface area contributed by atoms with Gasteiger partial charge in [-0.2, -0.15) is 10.2 Å². The lowest BCUT2D eigenvalue weighted by Crippen LogP contribution is -2.44. The molecular weight excluding hydrogens is 140 g/mol. The molecule has 9 heavy (non-hydrogen) atoms. The number of fused-ring (bicyclic) bond motifs is 1. The standard InChI is InChI=1S/C4H6N2O2S/c7-9(8)2-3-1-5-6-4(3)9/h3-4H,1-2H2/t3-,4+/m1/s1. The van der Waals surface area contributed by atoms with Crippen LogP contribution in [0.25, 0.3) is 0 Å².